The smallest absolute Gasteiger partial charge is 0.469 e. The number of alkyl halides is 3. The molecule has 0 spiro atoms. The van der Waals surface area contributed by atoms with E-state index in [0.717, 1.165) is 0 Å². The van der Waals surface area contributed by atoms with Gasteiger partial charge in [0, 0.05) is 18.4 Å². The lowest BCUT2D eigenvalue weighted by Gasteiger charge is -2.68. The number of amides is 1. The van der Waals surface area contributed by atoms with E-state index in [1.807, 2.05) is 0 Å². The van der Waals surface area contributed by atoms with Gasteiger partial charge in [-0.05, 0) is 19.3 Å². The van der Waals surface area contributed by atoms with Gasteiger partial charge in [0.25, 0.3) is 0 Å². The third kappa shape index (κ3) is 3.16. The molecule has 4 aliphatic carbocycles. The molecule has 0 atom stereocenters. The zero-order chi connectivity index (χ0) is 16.9. The van der Waals surface area contributed by atoms with Crippen molar-refractivity contribution in [3.05, 3.63) is 0 Å². The first-order valence-electron chi connectivity index (χ1n) is 7.41. The third-order valence-electron chi connectivity index (χ3n) is 4.86. The van der Waals surface area contributed by atoms with Gasteiger partial charge in [0.05, 0.1) is 24.7 Å². The summed E-state index contributed by atoms with van der Waals surface area (Å²) in [4.78, 5) is 23.3. The number of methoxy groups -OCH3 is 1. The van der Waals surface area contributed by atoms with Crippen molar-refractivity contribution in [2.24, 2.45) is 5.41 Å². The van der Waals surface area contributed by atoms with E-state index in [1.165, 1.54) is 7.11 Å². The van der Waals surface area contributed by atoms with Crippen molar-refractivity contribution in [1.82, 2.24) is 5.32 Å². The van der Waals surface area contributed by atoms with Crippen molar-refractivity contribution in [1.29, 1.82) is 0 Å². The first-order valence-corrected chi connectivity index (χ1v) is 7.41. The normalized spacial score (nSPS) is 37.9. The van der Waals surface area contributed by atoms with Crippen molar-refractivity contribution in [3.8, 4) is 0 Å². The Morgan fingerprint density at radius 2 is 1.78 bits per heavy atom. The molecule has 4 aliphatic rings. The van der Waals surface area contributed by atoms with E-state index < -0.39 is 17.9 Å². The predicted molar refractivity (Wildman–Crippen MR) is 69.1 cm³/mol. The average Bonchev–Trinajstić information content (AvgIpc) is 2.32. The van der Waals surface area contributed by atoms with E-state index in [9.17, 15) is 22.8 Å². The number of esters is 1. The van der Waals surface area contributed by atoms with Gasteiger partial charge < -0.3 is 14.8 Å². The zero-order valence-corrected chi connectivity index (χ0v) is 12.6. The standard InChI is InChI=1S/C14H18F3NO5/c1-21-11(20)12-5-13(6-12,7-12)18-10(19)4-22-8-2-9(3-8)23-14(15,16)17/h8-9H,2-7H2,1H3,(H,18,19)/t8-,9+,12?,13?. The maximum absolute atomic E-state index is 12.0. The van der Waals surface area contributed by atoms with Crippen LogP contribution in [0.4, 0.5) is 13.2 Å². The summed E-state index contributed by atoms with van der Waals surface area (Å²) in [7, 11) is 1.34. The highest BCUT2D eigenvalue weighted by molar-refractivity contribution is 5.85. The zero-order valence-electron chi connectivity index (χ0n) is 12.6. The molecule has 2 bridgehead atoms. The average molecular weight is 337 g/mol. The Morgan fingerprint density at radius 3 is 2.30 bits per heavy atom. The summed E-state index contributed by atoms with van der Waals surface area (Å²) in [6, 6.07) is 0. The second-order valence-electron chi connectivity index (χ2n) is 6.72. The van der Waals surface area contributed by atoms with Crippen LogP contribution in [-0.2, 0) is 23.8 Å². The largest absolute Gasteiger partial charge is 0.522 e. The number of nitrogens with one attached hydrogen (secondary N) is 1. The molecule has 0 radical (unpaired) electrons. The topological polar surface area (TPSA) is 73.9 Å². The lowest BCUT2D eigenvalue weighted by molar-refractivity contribution is -0.357. The summed E-state index contributed by atoms with van der Waals surface area (Å²) in [6.45, 7) is -0.198. The highest BCUT2D eigenvalue weighted by Gasteiger charge is 2.73. The van der Waals surface area contributed by atoms with Crippen molar-refractivity contribution < 1.29 is 37.0 Å². The van der Waals surface area contributed by atoms with Crippen LogP contribution in [0.25, 0.3) is 0 Å². The first-order chi connectivity index (χ1) is 10.7. The lowest BCUT2D eigenvalue weighted by Crippen LogP contribution is -2.77. The summed E-state index contributed by atoms with van der Waals surface area (Å²) in [5, 5.41) is 2.83. The van der Waals surface area contributed by atoms with Crippen LogP contribution in [0.1, 0.15) is 32.1 Å². The second kappa shape index (κ2) is 5.34. The van der Waals surface area contributed by atoms with Crippen molar-refractivity contribution in [2.75, 3.05) is 13.7 Å². The van der Waals surface area contributed by atoms with E-state index in [2.05, 4.69) is 10.1 Å². The third-order valence-corrected chi connectivity index (χ3v) is 4.86. The van der Waals surface area contributed by atoms with Gasteiger partial charge in [-0.2, -0.15) is 0 Å². The maximum Gasteiger partial charge on any atom is 0.522 e. The quantitative estimate of drug-likeness (QED) is 0.739. The summed E-state index contributed by atoms with van der Waals surface area (Å²) in [6.07, 6.45) is -3.93. The Labute approximate surface area is 130 Å². The molecule has 0 aromatic rings. The summed E-state index contributed by atoms with van der Waals surface area (Å²) < 4.78 is 49.7. The van der Waals surface area contributed by atoms with E-state index in [-0.39, 0.29) is 43.0 Å². The molecule has 23 heavy (non-hydrogen) atoms. The van der Waals surface area contributed by atoms with Crippen LogP contribution in [0.5, 0.6) is 0 Å². The molecule has 1 N–H and O–H groups in total. The van der Waals surface area contributed by atoms with Gasteiger partial charge in [0.15, 0.2) is 0 Å². The van der Waals surface area contributed by atoms with Crippen molar-refractivity contribution in [2.45, 2.75) is 56.2 Å². The Hall–Kier alpha value is -1.35. The molecule has 9 heteroatoms. The van der Waals surface area contributed by atoms with Crippen LogP contribution in [0.15, 0.2) is 0 Å². The first kappa shape index (κ1) is 16.5. The van der Waals surface area contributed by atoms with Crippen molar-refractivity contribution in [3.63, 3.8) is 0 Å². The second-order valence-corrected chi connectivity index (χ2v) is 6.72. The molecule has 4 rings (SSSR count). The minimum absolute atomic E-state index is 0.128. The minimum Gasteiger partial charge on any atom is -0.469 e. The molecule has 0 unspecified atom stereocenters. The molecule has 0 aromatic carbocycles. The number of carbonyl (C=O) groups excluding carboxylic acids is 2. The fourth-order valence-electron chi connectivity index (χ4n) is 3.82. The van der Waals surface area contributed by atoms with Crippen molar-refractivity contribution >= 4 is 11.9 Å². The molecule has 0 aliphatic heterocycles. The number of halogens is 3. The molecule has 6 nitrogen and oxygen atoms in total. The van der Waals surface area contributed by atoms with Crippen LogP contribution < -0.4 is 5.32 Å². The number of hydrogen-bond donors (Lipinski definition) is 1. The lowest BCUT2D eigenvalue weighted by atomic mass is 9.39. The highest BCUT2D eigenvalue weighted by atomic mass is 19.4. The number of hydrogen-bond acceptors (Lipinski definition) is 5. The molecule has 4 fully saturated rings. The van der Waals surface area contributed by atoms with Crippen LogP contribution >= 0.6 is 0 Å². The van der Waals surface area contributed by atoms with E-state index in [0.29, 0.717) is 19.3 Å². The Kier molecular flexibility index (Phi) is 3.83. The van der Waals surface area contributed by atoms with Crippen LogP contribution in [0.3, 0.4) is 0 Å². The predicted octanol–water partition coefficient (Wildman–Crippen LogP) is 1.28. The summed E-state index contributed by atoms with van der Waals surface area (Å²) in [5.74, 6) is -0.557. The molecule has 0 aromatic heterocycles. The summed E-state index contributed by atoms with van der Waals surface area (Å²) in [5.41, 5.74) is -0.769. The van der Waals surface area contributed by atoms with E-state index >= 15 is 0 Å². The highest BCUT2D eigenvalue weighted by Crippen LogP contribution is 2.67. The van der Waals surface area contributed by atoms with Gasteiger partial charge >= 0.3 is 12.3 Å². The van der Waals surface area contributed by atoms with Gasteiger partial charge in [-0.1, -0.05) is 0 Å². The molecule has 4 saturated carbocycles. The molecule has 0 heterocycles. The van der Waals surface area contributed by atoms with E-state index in [1.54, 1.807) is 0 Å². The number of carbonyl (C=O) groups is 2. The van der Waals surface area contributed by atoms with Crippen LogP contribution in [-0.4, -0.2) is 49.7 Å². The minimum atomic E-state index is -4.63. The van der Waals surface area contributed by atoms with Gasteiger partial charge in [-0.25, -0.2) is 0 Å². The Bertz CT molecular complexity index is 495. The van der Waals surface area contributed by atoms with Gasteiger partial charge in [0.1, 0.15) is 6.61 Å². The molecule has 130 valence electrons. The number of rotatable bonds is 6. The Morgan fingerprint density at radius 1 is 1.17 bits per heavy atom. The molecule has 0 saturated heterocycles. The van der Waals surface area contributed by atoms with Crippen LogP contribution in [0, 0.1) is 5.41 Å². The number of ether oxygens (including phenoxy) is 3. The maximum atomic E-state index is 12.0. The van der Waals surface area contributed by atoms with Gasteiger partial charge in [-0.3, -0.25) is 14.3 Å². The molecular weight excluding hydrogens is 319 g/mol. The van der Waals surface area contributed by atoms with Crippen LogP contribution in [0.2, 0.25) is 0 Å². The fraction of sp³-hybridized carbons (Fsp3) is 0.857. The Balaban J connectivity index is 1.30. The van der Waals surface area contributed by atoms with Gasteiger partial charge in [0.2, 0.25) is 5.91 Å². The van der Waals surface area contributed by atoms with Gasteiger partial charge in [-0.15, -0.1) is 13.2 Å². The summed E-state index contributed by atoms with van der Waals surface area (Å²) >= 11 is 0. The molecular formula is C14H18F3NO5. The monoisotopic (exact) mass is 337 g/mol. The molecule has 1 amide bonds. The SMILES string of the molecule is COC(=O)C12CC(NC(=O)CO[C@H]3C[C@@H](OC(F)(F)F)C3)(C1)C2. The van der Waals surface area contributed by atoms with E-state index in [4.69, 9.17) is 9.47 Å². The fourth-order valence-corrected chi connectivity index (χ4v) is 3.82.